The van der Waals surface area contributed by atoms with Crippen molar-refractivity contribution in [3.05, 3.63) is 18.0 Å². The fourth-order valence-corrected chi connectivity index (χ4v) is 2.44. The van der Waals surface area contributed by atoms with Crippen molar-refractivity contribution in [3.63, 3.8) is 0 Å². The molecule has 96 valence electrons. The zero-order valence-electron chi connectivity index (χ0n) is 11.0. The average molecular weight is 236 g/mol. The number of hydrogen-bond acceptors (Lipinski definition) is 3. The molecule has 2 rings (SSSR count). The van der Waals surface area contributed by atoms with Crippen molar-refractivity contribution in [1.82, 2.24) is 20.0 Å². The molecule has 1 atom stereocenters. The van der Waals surface area contributed by atoms with Gasteiger partial charge in [-0.05, 0) is 45.5 Å². The van der Waals surface area contributed by atoms with Crippen LogP contribution in [0.1, 0.15) is 25.0 Å². The van der Waals surface area contributed by atoms with E-state index in [4.69, 9.17) is 0 Å². The molecule has 1 aliphatic rings. The molecule has 1 aromatic heterocycles. The van der Waals surface area contributed by atoms with E-state index in [1.165, 1.54) is 38.0 Å². The monoisotopic (exact) mass is 236 g/mol. The molecule has 1 aliphatic heterocycles. The van der Waals surface area contributed by atoms with Crippen LogP contribution in [-0.2, 0) is 13.5 Å². The first kappa shape index (κ1) is 12.6. The van der Waals surface area contributed by atoms with Crippen LogP contribution in [0.25, 0.3) is 0 Å². The van der Waals surface area contributed by atoms with Crippen LogP contribution >= 0.6 is 0 Å². The number of likely N-dealkylation sites (tertiary alicyclic amines) is 1. The van der Waals surface area contributed by atoms with Gasteiger partial charge >= 0.3 is 0 Å². The molecule has 0 radical (unpaired) electrons. The van der Waals surface area contributed by atoms with Crippen LogP contribution in [0.4, 0.5) is 0 Å². The third kappa shape index (κ3) is 4.13. The predicted molar refractivity (Wildman–Crippen MR) is 70.1 cm³/mol. The third-order valence-electron chi connectivity index (χ3n) is 3.53. The van der Waals surface area contributed by atoms with Crippen molar-refractivity contribution < 1.29 is 0 Å². The third-order valence-corrected chi connectivity index (χ3v) is 3.53. The van der Waals surface area contributed by atoms with Crippen LogP contribution < -0.4 is 5.32 Å². The quantitative estimate of drug-likeness (QED) is 0.848. The molecular weight excluding hydrogens is 212 g/mol. The normalized spacial score (nSPS) is 22.6. The van der Waals surface area contributed by atoms with Crippen LogP contribution in [-0.4, -0.2) is 47.4 Å². The number of aromatic nitrogens is 2. The van der Waals surface area contributed by atoms with Gasteiger partial charge in [0.1, 0.15) is 0 Å². The van der Waals surface area contributed by atoms with E-state index >= 15 is 0 Å². The molecule has 1 fully saturated rings. The van der Waals surface area contributed by atoms with Gasteiger partial charge in [-0.15, -0.1) is 0 Å². The van der Waals surface area contributed by atoms with E-state index in [1.54, 1.807) is 0 Å². The average Bonchev–Trinajstić information content (AvgIpc) is 2.59. The number of hydrogen-bond donors (Lipinski definition) is 1. The fraction of sp³-hybridized carbons (Fsp3) is 0.769. The largest absolute Gasteiger partial charge is 0.314 e. The Kier molecular flexibility index (Phi) is 4.57. The first-order valence-corrected chi connectivity index (χ1v) is 6.64. The van der Waals surface area contributed by atoms with Crippen LogP contribution in [0, 0.1) is 0 Å². The number of nitrogens with one attached hydrogen (secondary N) is 1. The Balaban J connectivity index is 1.67. The maximum absolute atomic E-state index is 4.39. The molecule has 0 amide bonds. The van der Waals surface area contributed by atoms with Gasteiger partial charge in [0, 0.05) is 32.3 Å². The molecule has 17 heavy (non-hydrogen) atoms. The summed E-state index contributed by atoms with van der Waals surface area (Å²) in [7, 11) is 4.19. The van der Waals surface area contributed by atoms with Crippen molar-refractivity contribution in [3.8, 4) is 0 Å². The number of rotatable bonds is 4. The van der Waals surface area contributed by atoms with Gasteiger partial charge in [-0.1, -0.05) is 0 Å². The van der Waals surface area contributed by atoms with Gasteiger partial charge in [0.25, 0.3) is 0 Å². The molecular formula is C13H24N4. The van der Waals surface area contributed by atoms with Gasteiger partial charge in [0.2, 0.25) is 0 Å². The lowest BCUT2D eigenvalue weighted by Gasteiger charge is -2.16. The summed E-state index contributed by atoms with van der Waals surface area (Å²) in [4.78, 5) is 2.43. The molecule has 1 unspecified atom stereocenters. The maximum atomic E-state index is 4.39. The van der Waals surface area contributed by atoms with Crippen LogP contribution in [0.2, 0.25) is 0 Å². The summed E-state index contributed by atoms with van der Waals surface area (Å²) in [5.74, 6) is 0. The zero-order valence-corrected chi connectivity index (χ0v) is 11.0. The van der Waals surface area contributed by atoms with Gasteiger partial charge in [0.15, 0.2) is 0 Å². The molecule has 0 bridgehead atoms. The lowest BCUT2D eigenvalue weighted by Crippen LogP contribution is -2.31. The summed E-state index contributed by atoms with van der Waals surface area (Å²) in [5.41, 5.74) is 1.19. The predicted octanol–water partition coefficient (Wildman–Crippen LogP) is 1.04. The summed E-state index contributed by atoms with van der Waals surface area (Å²) in [6.45, 7) is 3.52. The fourth-order valence-electron chi connectivity index (χ4n) is 2.44. The molecule has 0 aliphatic carbocycles. The Morgan fingerprint density at radius 1 is 1.35 bits per heavy atom. The minimum atomic E-state index is 0.698. The van der Waals surface area contributed by atoms with Gasteiger partial charge in [-0.2, -0.15) is 5.10 Å². The number of aryl methyl sites for hydroxylation is 1. The number of nitrogens with zero attached hydrogens (tertiary/aromatic N) is 3. The highest BCUT2D eigenvalue weighted by molar-refractivity contribution is 4.99. The Morgan fingerprint density at radius 2 is 2.24 bits per heavy atom. The molecule has 0 aromatic carbocycles. The Morgan fingerprint density at radius 3 is 3.00 bits per heavy atom. The Labute approximate surface area is 104 Å². The summed E-state index contributed by atoms with van der Waals surface area (Å²) in [5, 5.41) is 8.06. The molecule has 0 spiro atoms. The van der Waals surface area contributed by atoms with E-state index in [9.17, 15) is 0 Å². The summed E-state index contributed by atoms with van der Waals surface area (Å²) < 4.78 is 1.87. The second-order valence-electron chi connectivity index (χ2n) is 5.12. The minimum absolute atomic E-state index is 0.698. The molecule has 1 saturated heterocycles. The van der Waals surface area contributed by atoms with E-state index in [0.29, 0.717) is 6.04 Å². The van der Waals surface area contributed by atoms with Crippen LogP contribution in [0.15, 0.2) is 12.3 Å². The van der Waals surface area contributed by atoms with Gasteiger partial charge in [0.05, 0.1) is 5.69 Å². The van der Waals surface area contributed by atoms with Gasteiger partial charge in [-0.3, -0.25) is 4.68 Å². The van der Waals surface area contributed by atoms with E-state index in [0.717, 1.165) is 13.0 Å². The molecule has 4 nitrogen and oxygen atoms in total. The standard InChI is InChI=1S/C13H24N4/c1-16-9-3-4-12(6-10-16)14-8-5-13-7-11-17(2)15-13/h7,11-12,14H,3-6,8-10H2,1-2H3. The second-order valence-corrected chi connectivity index (χ2v) is 5.12. The van der Waals surface area contributed by atoms with Crippen LogP contribution in [0.3, 0.4) is 0 Å². The lowest BCUT2D eigenvalue weighted by atomic mass is 10.1. The van der Waals surface area contributed by atoms with Crippen molar-refractivity contribution in [2.24, 2.45) is 7.05 Å². The van der Waals surface area contributed by atoms with E-state index in [-0.39, 0.29) is 0 Å². The second kappa shape index (κ2) is 6.17. The SMILES string of the molecule is CN1CCCC(NCCc2ccn(C)n2)CC1. The first-order chi connectivity index (χ1) is 8.24. The van der Waals surface area contributed by atoms with Crippen molar-refractivity contribution >= 4 is 0 Å². The molecule has 0 saturated carbocycles. The maximum Gasteiger partial charge on any atom is 0.0637 e. The first-order valence-electron chi connectivity index (χ1n) is 6.64. The van der Waals surface area contributed by atoms with Crippen molar-refractivity contribution in [2.75, 3.05) is 26.7 Å². The van der Waals surface area contributed by atoms with E-state index in [1.807, 2.05) is 17.9 Å². The highest BCUT2D eigenvalue weighted by Crippen LogP contribution is 2.09. The van der Waals surface area contributed by atoms with E-state index in [2.05, 4.69) is 28.4 Å². The summed E-state index contributed by atoms with van der Waals surface area (Å²) in [6, 6.07) is 2.80. The molecule has 1 N–H and O–H groups in total. The summed E-state index contributed by atoms with van der Waals surface area (Å²) >= 11 is 0. The van der Waals surface area contributed by atoms with Gasteiger partial charge in [-0.25, -0.2) is 0 Å². The topological polar surface area (TPSA) is 33.1 Å². The molecule has 4 heteroatoms. The molecule has 2 heterocycles. The zero-order chi connectivity index (χ0) is 12.1. The smallest absolute Gasteiger partial charge is 0.0637 e. The van der Waals surface area contributed by atoms with Crippen molar-refractivity contribution in [1.29, 1.82) is 0 Å². The molecule has 1 aromatic rings. The lowest BCUT2D eigenvalue weighted by molar-refractivity contribution is 0.344. The Bertz CT molecular complexity index is 334. The highest BCUT2D eigenvalue weighted by Gasteiger charge is 2.13. The van der Waals surface area contributed by atoms with Crippen LogP contribution in [0.5, 0.6) is 0 Å². The highest BCUT2D eigenvalue weighted by atomic mass is 15.2. The van der Waals surface area contributed by atoms with E-state index < -0.39 is 0 Å². The van der Waals surface area contributed by atoms with Gasteiger partial charge < -0.3 is 10.2 Å². The summed E-state index contributed by atoms with van der Waals surface area (Å²) in [6.07, 6.45) is 6.95. The van der Waals surface area contributed by atoms with Crippen molar-refractivity contribution in [2.45, 2.75) is 31.7 Å². The minimum Gasteiger partial charge on any atom is -0.314 e. The Hall–Kier alpha value is -0.870.